The van der Waals surface area contributed by atoms with E-state index in [0.29, 0.717) is 6.54 Å². The smallest absolute Gasteiger partial charge is 0.0897 e. The number of pyridine rings is 1. The van der Waals surface area contributed by atoms with Crippen molar-refractivity contribution >= 4 is 5.69 Å². The number of hydrogen-bond acceptors (Lipinski definition) is 5. The summed E-state index contributed by atoms with van der Waals surface area (Å²) in [5, 5.41) is 18.3. The van der Waals surface area contributed by atoms with E-state index in [-0.39, 0.29) is 6.61 Å². The maximum atomic E-state index is 9.42. The standard InChI is InChI=1S/C13H21N3O2/c1-11-8-14-3-2-13(11)16-6-4-15(5-7-16)9-12(18)10-17/h2-3,8,12,17-18H,4-7,9-10H2,1H3/t12-/m0/s1. The lowest BCUT2D eigenvalue weighted by molar-refractivity contribution is 0.0575. The second-order valence-electron chi connectivity index (χ2n) is 4.79. The fraction of sp³-hybridized carbons (Fsp3) is 0.615. The van der Waals surface area contributed by atoms with Gasteiger partial charge in [0.25, 0.3) is 0 Å². The molecule has 1 fully saturated rings. The van der Waals surface area contributed by atoms with Gasteiger partial charge in [0.2, 0.25) is 0 Å². The molecule has 1 atom stereocenters. The molecule has 2 rings (SSSR count). The van der Waals surface area contributed by atoms with E-state index in [1.54, 1.807) is 0 Å². The minimum Gasteiger partial charge on any atom is -0.394 e. The van der Waals surface area contributed by atoms with Crippen LogP contribution in [-0.2, 0) is 0 Å². The molecule has 5 heteroatoms. The Morgan fingerprint density at radius 2 is 2.06 bits per heavy atom. The zero-order chi connectivity index (χ0) is 13.0. The van der Waals surface area contributed by atoms with Crippen LogP contribution in [0.4, 0.5) is 5.69 Å². The third-order valence-corrected chi connectivity index (χ3v) is 3.38. The van der Waals surface area contributed by atoms with Crippen molar-refractivity contribution in [2.75, 3.05) is 44.2 Å². The Morgan fingerprint density at radius 1 is 1.33 bits per heavy atom. The largest absolute Gasteiger partial charge is 0.394 e. The molecule has 0 spiro atoms. The average molecular weight is 251 g/mol. The molecule has 0 unspecified atom stereocenters. The van der Waals surface area contributed by atoms with Crippen molar-refractivity contribution in [3.05, 3.63) is 24.0 Å². The van der Waals surface area contributed by atoms with Crippen LogP contribution < -0.4 is 4.90 Å². The summed E-state index contributed by atoms with van der Waals surface area (Å²) in [5.41, 5.74) is 2.44. The molecule has 1 aromatic heterocycles. The molecule has 0 saturated carbocycles. The van der Waals surface area contributed by atoms with E-state index in [0.717, 1.165) is 26.2 Å². The second kappa shape index (κ2) is 6.13. The van der Waals surface area contributed by atoms with Gasteiger partial charge in [-0.1, -0.05) is 0 Å². The lowest BCUT2D eigenvalue weighted by atomic mass is 10.2. The molecule has 0 aliphatic carbocycles. The van der Waals surface area contributed by atoms with Crippen LogP contribution in [0.25, 0.3) is 0 Å². The first kappa shape index (κ1) is 13.3. The Bertz CT molecular complexity index is 378. The predicted molar refractivity (Wildman–Crippen MR) is 70.7 cm³/mol. The van der Waals surface area contributed by atoms with Crippen molar-refractivity contribution in [3.63, 3.8) is 0 Å². The van der Waals surface area contributed by atoms with Gasteiger partial charge in [0.15, 0.2) is 0 Å². The fourth-order valence-electron chi connectivity index (χ4n) is 2.35. The van der Waals surface area contributed by atoms with Crippen LogP contribution in [0, 0.1) is 6.92 Å². The van der Waals surface area contributed by atoms with Crippen molar-refractivity contribution in [2.24, 2.45) is 0 Å². The molecule has 2 N–H and O–H groups in total. The van der Waals surface area contributed by atoms with Gasteiger partial charge >= 0.3 is 0 Å². The van der Waals surface area contributed by atoms with Crippen LogP contribution in [0.2, 0.25) is 0 Å². The monoisotopic (exact) mass is 251 g/mol. The number of aliphatic hydroxyl groups excluding tert-OH is 2. The van der Waals surface area contributed by atoms with E-state index in [4.69, 9.17) is 5.11 Å². The van der Waals surface area contributed by atoms with E-state index in [1.807, 2.05) is 18.5 Å². The number of aryl methyl sites for hydroxylation is 1. The second-order valence-corrected chi connectivity index (χ2v) is 4.79. The number of piperazine rings is 1. The molecular formula is C13H21N3O2. The number of aromatic nitrogens is 1. The van der Waals surface area contributed by atoms with Gasteiger partial charge in [0.05, 0.1) is 12.7 Å². The van der Waals surface area contributed by atoms with Crippen LogP contribution in [0.3, 0.4) is 0 Å². The molecule has 1 aromatic rings. The summed E-state index contributed by atoms with van der Waals surface area (Å²) in [6.45, 7) is 6.19. The van der Waals surface area contributed by atoms with Crippen molar-refractivity contribution in [3.8, 4) is 0 Å². The Kier molecular flexibility index (Phi) is 4.52. The number of anilines is 1. The van der Waals surface area contributed by atoms with Gasteiger partial charge in [-0.15, -0.1) is 0 Å². The summed E-state index contributed by atoms with van der Waals surface area (Å²) < 4.78 is 0. The first-order valence-corrected chi connectivity index (χ1v) is 6.37. The molecule has 0 radical (unpaired) electrons. The van der Waals surface area contributed by atoms with Crippen LogP contribution in [0.1, 0.15) is 5.56 Å². The lowest BCUT2D eigenvalue weighted by Gasteiger charge is -2.37. The van der Waals surface area contributed by atoms with Gasteiger partial charge < -0.3 is 15.1 Å². The van der Waals surface area contributed by atoms with Crippen LogP contribution >= 0.6 is 0 Å². The lowest BCUT2D eigenvalue weighted by Crippen LogP contribution is -2.49. The third-order valence-electron chi connectivity index (χ3n) is 3.38. The van der Waals surface area contributed by atoms with Gasteiger partial charge in [0.1, 0.15) is 0 Å². The Morgan fingerprint density at radius 3 is 2.67 bits per heavy atom. The highest BCUT2D eigenvalue weighted by Crippen LogP contribution is 2.19. The number of β-amino-alcohol motifs (C(OH)–C–C–N with tert-alkyl or cyclic N) is 1. The summed E-state index contributed by atoms with van der Waals surface area (Å²) in [5.74, 6) is 0. The summed E-state index contributed by atoms with van der Waals surface area (Å²) in [4.78, 5) is 8.64. The molecule has 1 aliphatic heterocycles. The Hall–Kier alpha value is -1.17. The van der Waals surface area contributed by atoms with Gasteiger partial charge in [-0.25, -0.2) is 0 Å². The maximum absolute atomic E-state index is 9.42. The number of rotatable bonds is 4. The maximum Gasteiger partial charge on any atom is 0.0897 e. The van der Waals surface area contributed by atoms with Crippen LogP contribution in [0.5, 0.6) is 0 Å². The summed E-state index contributed by atoms with van der Waals surface area (Å²) in [6, 6.07) is 2.05. The molecule has 0 amide bonds. The topological polar surface area (TPSA) is 59.8 Å². The summed E-state index contributed by atoms with van der Waals surface area (Å²) in [6.07, 6.45) is 3.08. The van der Waals surface area contributed by atoms with E-state index in [1.165, 1.54) is 11.3 Å². The number of aliphatic hydroxyl groups is 2. The normalized spacial score (nSPS) is 18.9. The zero-order valence-corrected chi connectivity index (χ0v) is 10.8. The van der Waals surface area contributed by atoms with Crippen molar-refractivity contribution in [1.82, 2.24) is 9.88 Å². The first-order chi connectivity index (χ1) is 8.70. The van der Waals surface area contributed by atoms with Gasteiger partial charge in [0, 0.05) is 50.8 Å². The zero-order valence-electron chi connectivity index (χ0n) is 10.8. The Labute approximate surface area is 108 Å². The van der Waals surface area contributed by atoms with E-state index >= 15 is 0 Å². The average Bonchev–Trinajstić information content (AvgIpc) is 2.40. The highest BCUT2D eigenvalue weighted by Gasteiger charge is 2.19. The predicted octanol–water partition coefficient (Wildman–Crippen LogP) is -0.135. The highest BCUT2D eigenvalue weighted by molar-refractivity contribution is 5.51. The van der Waals surface area contributed by atoms with Gasteiger partial charge in [-0.05, 0) is 18.6 Å². The molecule has 18 heavy (non-hydrogen) atoms. The molecule has 1 aliphatic rings. The van der Waals surface area contributed by atoms with Crippen LogP contribution in [-0.4, -0.2) is 65.5 Å². The molecule has 5 nitrogen and oxygen atoms in total. The number of hydrogen-bond donors (Lipinski definition) is 2. The van der Waals surface area contributed by atoms with Crippen molar-refractivity contribution in [2.45, 2.75) is 13.0 Å². The first-order valence-electron chi connectivity index (χ1n) is 6.37. The summed E-state index contributed by atoms with van der Waals surface area (Å²) >= 11 is 0. The van der Waals surface area contributed by atoms with E-state index < -0.39 is 6.10 Å². The quantitative estimate of drug-likeness (QED) is 0.780. The SMILES string of the molecule is Cc1cnccc1N1CCN(C[C@H](O)CO)CC1. The van der Waals surface area contributed by atoms with Crippen LogP contribution in [0.15, 0.2) is 18.5 Å². The van der Waals surface area contributed by atoms with E-state index in [9.17, 15) is 5.11 Å². The van der Waals surface area contributed by atoms with Crippen molar-refractivity contribution in [1.29, 1.82) is 0 Å². The molecular weight excluding hydrogens is 230 g/mol. The van der Waals surface area contributed by atoms with Gasteiger partial charge in [-0.2, -0.15) is 0 Å². The van der Waals surface area contributed by atoms with E-state index in [2.05, 4.69) is 21.7 Å². The summed E-state index contributed by atoms with van der Waals surface area (Å²) in [7, 11) is 0. The molecule has 0 bridgehead atoms. The van der Waals surface area contributed by atoms with Gasteiger partial charge in [-0.3, -0.25) is 9.88 Å². The fourth-order valence-corrected chi connectivity index (χ4v) is 2.35. The highest BCUT2D eigenvalue weighted by atomic mass is 16.3. The number of nitrogens with zero attached hydrogens (tertiary/aromatic N) is 3. The minimum atomic E-state index is -0.626. The molecule has 100 valence electrons. The molecule has 1 saturated heterocycles. The minimum absolute atomic E-state index is 0.163. The van der Waals surface area contributed by atoms with Crippen molar-refractivity contribution < 1.29 is 10.2 Å². The molecule has 0 aromatic carbocycles. The molecule has 2 heterocycles. The third kappa shape index (κ3) is 3.19. The Balaban J connectivity index is 1.89.